The summed E-state index contributed by atoms with van der Waals surface area (Å²) in [6.45, 7) is 7.77. The minimum Gasteiger partial charge on any atom is -0.0991 e. The molecule has 0 heteroatoms. The van der Waals surface area contributed by atoms with Gasteiger partial charge in [-0.2, -0.15) is 0 Å². The second-order valence-electron chi connectivity index (χ2n) is 5.15. The quantitative estimate of drug-likeness (QED) is 0.564. The highest BCUT2D eigenvalue weighted by atomic mass is 14.1. The molecule has 1 atom stereocenters. The summed E-state index contributed by atoms with van der Waals surface area (Å²) in [6, 6.07) is 21.4. The van der Waals surface area contributed by atoms with Gasteiger partial charge in [0.1, 0.15) is 0 Å². The van der Waals surface area contributed by atoms with Crippen molar-refractivity contribution in [3.05, 3.63) is 109 Å². The van der Waals surface area contributed by atoms with Crippen LogP contribution in [0.25, 0.3) is 0 Å². The number of rotatable bonds is 5. The first-order valence-electron chi connectivity index (χ1n) is 7.77. The lowest BCUT2D eigenvalue weighted by molar-refractivity contribution is 0.759. The normalized spacial score (nSPS) is 11.9. The highest BCUT2D eigenvalue weighted by Crippen LogP contribution is 2.19. The van der Waals surface area contributed by atoms with E-state index >= 15 is 0 Å². The first kappa shape index (κ1) is 17.7. The maximum atomic E-state index is 3.51. The topological polar surface area (TPSA) is 0 Å². The van der Waals surface area contributed by atoms with E-state index in [1.807, 2.05) is 31.2 Å². The molecular formula is C22H26. The van der Waals surface area contributed by atoms with Crippen molar-refractivity contribution in [2.24, 2.45) is 0 Å². The van der Waals surface area contributed by atoms with Crippen molar-refractivity contribution in [3.8, 4) is 0 Å². The molecule has 0 N–H and O–H groups in total. The van der Waals surface area contributed by atoms with Crippen molar-refractivity contribution in [3.63, 3.8) is 0 Å². The van der Waals surface area contributed by atoms with Crippen LogP contribution in [0, 0.1) is 0 Å². The summed E-state index contributed by atoms with van der Waals surface area (Å²) in [7, 11) is 0. The standard InChI is InChI=1S/C15H16.C7H10/c1-13(15-10-6-3-7-11-15)12-14-8-4-2-5-9-14;1-3-5-7-6-4-2/h2-11,13H,12H2,1H3;3-7H,1H2,2H3/b;6-4-,7-5-. The van der Waals surface area contributed by atoms with Gasteiger partial charge in [-0.3, -0.25) is 0 Å². The number of allylic oxidation sites excluding steroid dienone is 5. The Morgan fingerprint density at radius 1 is 0.864 bits per heavy atom. The Balaban J connectivity index is 0.000000295. The largest absolute Gasteiger partial charge is 0.0991 e. The summed E-state index contributed by atoms with van der Waals surface area (Å²) in [5.41, 5.74) is 2.83. The minimum absolute atomic E-state index is 0.591. The zero-order chi connectivity index (χ0) is 16.0. The van der Waals surface area contributed by atoms with Crippen LogP contribution >= 0.6 is 0 Å². The molecule has 0 fully saturated rings. The van der Waals surface area contributed by atoms with Crippen LogP contribution in [0.2, 0.25) is 0 Å². The van der Waals surface area contributed by atoms with Gasteiger partial charge in [0.15, 0.2) is 0 Å². The van der Waals surface area contributed by atoms with E-state index in [0.717, 1.165) is 6.42 Å². The van der Waals surface area contributed by atoms with Crippen LogP contribution in [0.15, 0.2) is 97.6 Å². The molecule has 0 aliphatic heterocycles. The van der Waals surface area contributed by atoms with Crippen LogP contribution in [0.1, 0.15) is 30.9 Å². The molecule has 0 saturated carbocycles. The van der Waals surface area contributed by atoms with Gasteiger partial charge in [-0.15, -0.1) is 0 Å². The van der Waals surface area contributed by atoms with Crippen molar-refractivity contribution >= 4 is 0 Å². The van der Waals surface area contributed by atoms with E-state index in [1.54, 1.807) is 6.08 Å². The van der Waals surface area contributed by atoms with Crippen LogP contribution in [0.5, 0.6) is 0 Å². The molecule has 0 saturated heterocycles. The van der Waals surface area contributed by atoms with Gasteiger partial charge in [0, 0.05) is 0 Å². The van der Waals surface area contributed by atoms with E-state index in [1.165, 1.54) is 11.1 Å². The second-order valence-corrected chi connectivity index (χ2v) is 5.15. The molecule has 2 rings (SSSR count). The lowest BCUT2D eigenvalue weighted by atomic mass is 9.94. The second kappa shape index (κ2) is 11.3. The summed E-state index contributed by atoms with van der Waals surface area (Å²) in [5.74, 6) is 0.591. The van der Waals surface area contributed by atoms with Gasteiger partial charge in [0.2, 0.25) is 0 Å². The molecule has 0 spiro atoms. The predicted molar refractivity (Wildman–Crippen MR) is 99.2 cm³/mol. The molecule has 0 aliphatic carbocycles. The summed E-state index contributed by atoms with van der Waals surface area (Å²) in [6.07, 6.45) is 10.6. The zero-order valence-electron chi connectivity index (χ0n) is 13.7. The van der Waals surface area contributed by atoms with Crippen LogP contribution < -0.4 is 0 Å². The summed E-state index contributed by atoms with van der Waals surface area (Å²) >= 11 is 0. The van der Waals surface area contributed by atoms with E-state index < -0.39 is 0 Å². The van der Waals surface area contributed by atoms with Gasteiger partial charge in [-0.1, -0.05) is 105 Å². The molecule has 2 aromatic carbocycles. The van der Waals surface area contributed by atoms with Crippen LogP contribution in [-0.4, -0.2) is 0 Å². The Hall–Kier alpha value is -2.34. The monoisotopic (exact) mass is 290 g/mol. The van der Waals surface area contributed by atoms with E-state index in [-0.39, 0.29) is 0 Å². The van der Waals surface area contributed by atoms with Gasteiger partial charge in [-0.25, -0.2) is 0 Å². The first-order valence-corrected chi connectivity index (χ1v) is 7.77. The third-order valence-corrected chi connectivity index (χ3v) is 3.30. The van der Waals surface area contributed by atoms with Crippen molar-refractivity contribution in [1.29, 1.82) is 0 Å². The van der Waals surface area contributed by atoms with E-state index in [2.05, 4.69) is 74.2 Å². The molecule has 0 bridgehead atoms. The summed E-state index contributed by atoms with van der Waals surface area (Å²) < 4.78 is 0. The van der Waals surface area contributed by atoms with Gasteiger partial charge >= 0.3 is 0 Å². The fourth-order valence-corrected chi connectivity index (χ4v) is 2.12. The molecule has 0 aromatic heterocycles. The summed E-state index contributed by atoms with van der Waals surface area (Å²) in [5, 5.41) is 0. The fraction of sp³-hybridized carbons (Fsp3) is 0.182. The fourth-order valence-electron chi connectivity index (χ4n) is 2.12. The van der Waals surface area contributed by atoms with E-state index in [9.17, 15) is 0 Å². The molecule has 0 radical (unpaired) electrons. The molecule has 0 aliphatic rings. The first-order chi connectivity index (χ1) is 10.8. The number of hydrogen-bond donors (Lipinski definition) is 0. The molecule has 0 amide bonds. The Kier molecular flexibility index (Phi) is 9.12. The van der Waals surface area contributed by atoms with Crippen LogP contribution in [0.4, 0.5) is 0 Å². The third kappa shape index (κ3) is 7.44. The molecule has 2 aromatic rings. The Labute approximate surface area is 135 Å². The third-order valence-electron chi connectivity index (χ3n) is 3.30. The van der Waals surface area contributed by atoms with Crippen LogP contribution in [-0.2, 0) is 6.42 Å². The molecule has 22 heavy (non-hydrogen) atoms. The SMILES string of the molecule is C=C/C=C\C=C/C.CC(Cc1ccccc1)c1ccccc1. The van der Waals surface area contributed by atoms with E-state index in [4.69, 9.17) is 0 Å². The highest BCUT2D eigenvalue weighted by Gasteiger charge is 2.04. The number of benzene rings is 2. The Morgan fingerprint density at radius 2 is 1.45 bits per heavy atom. The zero-order valence-corrected chi connectivity index (χ0v) is 13.7. The Morgan fingerprint density at radius 3 is 2.00 bits per heavy atom. The molecule has 0 heterocycles. The molecular weight excluding hydrogens is 264 g/mol. The van der Waals surface area contributed by atoms with Gasteiger partial charge in [-0.05, 0) is 30.4 Å². The van der Waals surface area contributed by atoms with Crippen LogP contribution in [0.3, 0.4) is 0 Å². The Bertz CT molecular complexity index is 562. The predicted octanol–water partition coefficient (Wildman–Crippen LogP) is 6.34. The van der Waals surface area contributed by atoms with E-state index in [0.29, 0.717) is 5.92 Å². The number of hydrogen-bond acceptors (Lipinski definition) is 0. The maximum absolute atomic E-state index is 3.51. The highest BCUT2D eigenvalue weighted by molar-refractivity contribution is 5.23. The van der Waals surface area contributed by atoms with Crippen molar-refractivity contribution < 1.29 is 0 Å². The maximum Gasteiger partial charge on any atom is -0.0150 e. The average molecular weight is 290 g/mol. The van der Waals surface area contributed by atoms with Gasteiger partial charge in [0.05, 0.1) is 0 Å². The smallest absolute Gasteiger partial charge is 0.0150 e. The summed E-state index contributed by atoms with van der Waals surface area (Å²) in [4.78, 5) is 0. The minimum atomic E-state index is 0.591. The lowest BCUT2D eigenvalue weighted by Crippen LogP contribution is -1.97. The molecule has 1 unspecified atom stereocenters. The average Bonchev–Trinajstić information content (AvgIpc) is 2.58. The molecule has 0 nitrogen and oxygen atoms in total. The van der Waals surface area contributed by atoms with Gasteiger partial charge in [0.25, 0.3) is 0 Å². The van der Waals surface area contributed by atoms with Crippen molar-refractivity contribution in [2.75, 3.05) is 0 Å². The van der Waals surface area contributed by atoms with Crippen molar-refractivity contribution in [1.82, 2.24) is 0 Å². The van der Waals surface area contributed by atoms with Gasteiger partial charge < -0.3 is 0 Å². The lowest BCUT2D eigenvalue weighted by Gasteiger charge is -2.11. The molecule has 114 valence electrons. The van der Waals surface area contributed by atoms with Crippen molar-refractivity contribution in [2.45, 2.75) is 26.2 Å².